The molecule has 0 N–H and O–H groups in total. The first-order valence-corrected chi connectivity index (χ1v) is 6.09. The van der Waals surface area contributed by atoms with Crippen molar-refractivity contribution in [1.29, 1.82) is 0 Å². The van der Waals surface area contributed by atoms with Gasteiger partial charge in [0.2, 0.25) is 0 Å². The first-order valence-electron chi connectivity index (χ1n) is 5.72. The van der Waals surface area contributed by atoms with Crippen molar-refractivity contribution in [1.82, 2.24) is 9.97 Å². The van der Waals surface area contributed by atoms with E-state index in [2.05, 4.69) is 35.6 Å². The Labute approximate surface area is 103 Å². The van der Waals surface area contributed by atoms with Gasteiger partial charge in [0.1, 0.15) is 16.8 Å². The summed E-state index contributed by atoms with van der Waals surface area (Å²) >= 11 is 5.98. The maximum absolute atomic E-state index is 5.98. The normalized spacial score (nSPS) is 12.9. The van der Waals surface area contributed by atoms with Gasteiger partial charge in [-0.05, 0) is 12.8 Å². The maximum atomic E-state index is 5.98. The van der Waals surface area contributed by atoms with Crippen LogP contribution < -0.4 is 4.90 Å². The minimum absolute atomic E-state index is 0.427. The number of anilines is 1. The molecule has 1 aromatic heterocycles. The van der Waals surface area contributed by atoms with Gasteiger partial charge in [0.05, 0.1) is 0 Å². The number of halogens is 1. The van der Waals surface area contributed by atoms with Gasteiger partial charge in [0, 0.05) is 25.6 Å². The minimum atomic E-state index is 0.427. The van der Waals surface area contributed by atoms with Crippen LogP contribution in [-0.2, 0) is 6.42 Å². The third kappa shape index (κ3) is 3.08. The lowest BCUT2D eigenvalue weighted by molar-refractivity contribution is 0.502. The Morgan fingerprint density at radius 3 is 2.44 bits per heavy atom. The molecule has 1 aromatic rings. The van der Waals surface area contributed by atoms with E-state index in [9.17, 15) is 0 Å². The largest absolute Gasteiger partial charge is 0.357 e. The molecule has 0 spiro atoms. The van der Waals surface area contributed by atoms with E-state index < -0.39 is 0 Å². The van der Waals surface area contributed by atoms with Crippen molar-refractivity contribution in [3.8, 4) is 0 Å². The second-order valence-electron chi connectivity index (χ2n) is 4.41. The van der Waals surface area contributed by atoms with Crippen LogP contribution in [0.25, 0.3) is 0 Å². The Balaban J connectivity index is 2.98. The number of aryl methyl sites for hydroxylation is 1. The highest BCUT2D eigenvalue weighted by atomic mass is 35.5. The van der Waals surface area contributed by atoms with E-state index in [1.807, 2.05) is 20.0 Å². The van der Waals surface area contributed by atoms with Crippen molar-refractivity contribution in [3.05, 3.63) is 17.0 Å². The fourth-order valence-electron chi connectivity index (χ4n) is 1.45. The molecule has 16 heavy (non-hydrogen) atoms. The van der Waals surface area contributed by atoms with Gasteiger partial charge in [-0.25, -0.2) is 9.97 Å². The fourth-order valence-corrected chi connectivity index (χ4v) is 1.64. The summed E-state index contributed by atoms with van der Waals surface area (Å²) in [6.45, 7) is 8.61. The van der Waals surface area contributed by atoms with E-state index in [0.29, 0.717) is 17.1 Å². The first-order chi connectivity index (χ1) is 7.45. The monoisotopic (exact) mass is 241 g/mol. The van der Waals surface area contributed by atoms with Crippen LogP contribution in [-0.4, -0.2) is 23.1 Å². The lowest BCUT2D eigenvalue weighted by Crippen LogP contribution is -2.34. The zero-order valence-corrected chi connectivity index (χ0v) is 11.4. The Bertz CT molecular complexity index is 352. The third-order valence-electron chi connectivity index (χ3n) is 2.98. The molecule has 0 amide bonds. The predicted molar refractivity (Wildman–Crippen MR) is 69.1 cm³/mol. The summed E-state index contributed by atoms with van der Waals surface area (Å²) in [4.78, 5) is 10.8. The van der Waals surface area contributed by atoms with Gasteiger partial charge in [-0.1, -0.05) is 32.4 Å². The van der Waals surface area contributed by atoms with Crippen molar-refractivity contribution >= 4 is 17.4 Å². The molecule has 0 bridgehead atoms. The molecule has 1 unspecified atom stereocenters. The molecule has 1 heterocycles. The zero-order valence-electron chi connectivity index (χ0n) is 10.7. The van der Waals surface area contributed by atoms with Gasteiger partial charge in [-0.3, -0.25) is 0 Å². The van der Waals surface area contributed by atoms with Crippen LogP contribution in [0, 0.1) is 5.92 Å². The molecule has 1 atom stereocenters. The predicted octanol–water partition coefficient (Wildman–Crippen LogP) is 3.17. The van der Waals surface area contributed by atoms with E-state index in [1.165, 1.54) is 0 Å². The van der Waals surface area contributed by atoms with Gasteiger partial charge in [-0.15, -0.1) is 0 Å². The van der Waals surface area contributed by atoms with Crippen LogP contribution >= 0.6 is 11.6 Å². The number of hydrogen-bond acceptors (Lipinski definition) is 3. The van der Waals surface area contributed by atoms with Crippen molar-refractivity contribution in [2.24, 2.45) is 5.92 Å². The molecule has 0 aromatic carbocycles. The summed E-state index contributed by atoms with van der Waals surface area (Å²) in [7, 11) is 2.04. The number of aromatic nitrogens is 2. The van der Waals surface area contributed by atoms with Crippen LogP contribution in [0.3, 0.4) is 0 Å². The average molecular weight is 242 g/mol. The van der Waals surface area contributed by atoms with Crippen LogP contribution in [0.15, 0.2) is 6.07 Å². The summed E-state index contributed by atoms with van der Waals surface area (Å²) in [5.74, 6) is 2.27. The Hall–Kier alpha value is -0.830. The van der Waals surface area contributed by atoms with E-state index in [0.717, 1.165) is 18.1 Å². The van der Waals surface area contributed by atoms with Gasteiger partial charge in [0.25, 0.3) is 0 Å². The molecule has 4 heteroatoms. The molecule has 3 nitrogen and oxygen atoms in total. The molecule has 0 aliphatic rings. The van der Waals surface area contributed by atoms with Gasteiger partial charge >= 0.3 is 0 Å². The van der Waals surface area contributed by atoms with Crippen molar-refractivity contribution < 1.29 is 0 Å². The second-order valence-corrected chi connectivity index (χ2v) is 4.80. The quantitative estimate of drug-likeness (QED) is 0.759. The summed E-state index contributed by atoms with van der Waals surface area (Å²) in [6.07, 6.45) is 0.803. The Morgan fingerprint density at radius 1 is 1.31 bits per heavy atom. The van der Waals surface area contributed by atoms with Crippen molar-refractivity contribution in [2.75, 3.05) is 11.9 Å². The van der Waals surface area contributed by atoms with E-state index >= 15 is 0 Å². The summed E-state index contributed by atoms with van der Waals surface area (Å²) in [5, 5.41) is 0.518. The molecule has 0 radical (unpaired) electrons. The molecule has 0 aliphatic heterocycles. The molecule has 0 saturated heterocycles. The lowest BCUT2D eigenvalue weighted by atomic mass is 10.1. The van der Waals surface area contributed by atoms with Gasteiger partial charge < -0.3 is 4.90 Å². The van der Waals surface area contributed by atoms with Crippen LogP contribution in [0.2, 0.25) is 5.15 Å². The Kier molecular flexibility index (Phi) is 4.54. The molecule has 90 valence electrons. The summed E-state index contributed by atoms with van der Waals surface area (Å²) in [5.41, 5.74) is 0. The summed E-state index contributed by atoms with van der Waals surface area (Å²) < 4.78 is 0. The lowest BCUT2D eigenvalue weighted by Gasteiger charge is -2.29. The summed E-state index contributed by atoms with van der Waals surface area (Å²) in [6, 6.07) is 2.25. The second kappa shape index (κ2) is 5.48. The third-order valence-corrected chi connectivity index (χ3v) is 3.17. The molecule has 0 fully saturated rings. The van der Waals surface area contributed by atoms with E-state index in [4.69, 9.17) is 11.6 Å². The number of hydrogen-bond donors (Lipinski definition) is 0. The smallest absolute Gasteiger partial charge is 0.134 e. The highest BCUT2D eigenvalue weighted by Crippen LogP contribution is 2.19. The van der Waals surface area contributed by atoms with Crippen molar-refractivity contribution in [3.63, 3.8) is 0 Å². The van der Waals surface area contributed by atoms with Gasteiger partial charge in [-0.2, -0.15) is 0 Å². The van der Waals surface area contributed by atoms with Crippen LogP contribution in [0.4, 0.5) is 5.82 Å². The van der Waals surface area contributed by atoms with Crippen LogP contribution in [0.1, 0.15) is 33.5 Å². The highest BCUT2D eigenvalue weighted by molar-refractivity contribution is 6.29. The average Bonchev–Trinajstić information content (AvgIpc) is 2.25. The number of rotatable bonds is 4. The van der Waals surface area contributed by atoms with Gasteiger partial charge in [0.15, 0.2) is 0 Å². The van der Waals surface area contributed by atoms with E-state index in [-0.39, 0.29) is 0 Å². The molecular weight excluding hydrogens is 222 g/mol. The first kappa shape index (κ1) is 13.2. The highest BCUT2D eigenvalue weighted by Gasteiger charge is 2.15. The van der Waals surface area contributed by atoms with E-state index in [1.54, 1.807) is 0 Å². The molecular formula is C12H20ClN3. The minimum Gasteiger partial charge on any atom is -0.357 e. The molecule has 0 aliphatic carbocycles. The standard InChI is InChI=1S/C12H20ClN3/c1-6-11-14-10(13)7-12(15-11)16(5)9(4)8(2)3/h7-9H,6H2,1-5H3. The topological polar surface area (TPSA) is 29.0 Å². The Morgan fingerprint density at radius 2 is 1.94 bits per heavy atom. The van der Waals surface area contributed by atoms with Crippen molar-refractivity contribution in [2.45, 2.75) is 40.2 Å². The number of nitrogens with zero attached hydrogens (tertiary/aromatic N) is 3. The molecule has 0 saturated carbocycles. The maximum Gasteiger partial charge on any atom is 0.134 e. The molecule has 1 rings (SSSR count). The SMILES string of the molecule is CCc1nc(Cl)cc(N(C)C(C)C(C)C)n1. The van der Waals surface area contributed by atoms with Crippen LogP contribution in [0.5, 0.6) is 0 Å². The zero-order chi connectivity index (χ0) is 12.3. The fraction of sp³-hybridized carbons (Fsp3) is 0.667.